The molecule has 3 aromatic rings. The molecule has 1 amide bonds. The standard InChI is InChI=1S/C25H21F3N4O4/c1-14-4-13-19(30-29-14)32-21(15-7-11-18(12-8-15)36-25(26,27)28)20(23(34)24(32)35)22(33)16-5-9-17(10-6-16)31(2)3/h4-13,20-21H,1-3H3. The Morgan fingerprint density at radius 3 is 2.11 bits per heavy atom. The molecular weight excluding hydrogens is 477 g/mol. The highest BCUT2D eigenvalue weighted by Crippen LogP contribution is 2.41. The van der Waals surface area contributed by atoms with Crippen LogP contribution in [0, 0.1) is 12.8 Å². The molecule has 1 aliphatic rings. The second-order valence-corrected chi connectivity index (χ2v) is 8.42. The summed E-state index contributed by atoms with van der Waals surface area (Å²) in [6, 6.07) is 13.1. The summed E-state index contributed by atoms with van der Waals surface area (Å²) in [5, 5.41) is 7.93. The van der Waals surface area contributed by atoms with Gasteiger partial charge in [-0.2, -0.15) is 5.10 Å². The van der Waals surface area contributed by atoms with Crippen molar-refractivity contribution in [2.45, 2.75) is 19.3 Å². The fourth-order valence-corrected chi connectivity index (χ4v) is 4.01. The lowest BCUT2D eigenvalue weighted by Crippen LogP contribution is -2.31. The number of carbonyl (C=O) groups is 3. The Morgan fingerprint density at radius 1 is 0.944 bits per heavy atom. The number of halogens is 3. The van der Waals surface area contributed by atoms with Crippen LogP contribution in [0.25, 0.3) is 0 Å². The summed E-state index contributed by atoms with van der Waals surface area (Å²) in [7, 11) is 3.66. The lowest BCUT2D eigenvalue weighted by Gasteiger charge is -2.26. The fourth-order valence-electron chi connectivity index (χ4n) is 4.01. The number of aromatic nitrogens is 2. The van der Waals surface area contributed by atoms with Gasteiger partial charge in [0.1, 0.15) is 11.7 Å². The van der Waals surface area contributed by atoms with Crippen molar-refractivity contribution >= 4 is 29.0 Å². The topological polar surface area (TPSA) is 92.7 Å². The minimum absolute atomic E-state index is 0.0397. The number of benzene rings is 2. The Hall–Kier alpha value is -4.28. The second kappa shape index (κ2) is 9.40. The van der Waals surface area contributed by atoms with Crippen molar-refractivity contribution in [3.63, 3.8) is 0 Å². The Labute approximate surface area is 204 Å². The van der Waals surface area contributed by atoms with Crippen LogP contribution in [0.5, 0.6) is 5.75 Å². The van der Waals surface area contributed by atoms with E-state index in [2.05, 4.69) is 14.9 Å². The molecule has 0 aliphatic carbocycles. The van der Waals surface area contributed by atoms with Crippen molar-refractivity contribution in [1.29, 1.82) is 0 Å². The molecule has 1 saturated heterocycles. The van der Waals surface area contributed by atoms with Gasteiger partial charge in [0.05, 0.1) is 11.7 Å². The van der Waals surface area contributed by atoms with Gasteiger partial charge in [-0.25, -0.2) is 0 Å². The van der Waals surface area contributed by atoms with Crippen molar-refractivity contribution < 1.29 is 32.3 Å². The first-order valence-electron chi connectivity index (χ1n) is 10.8. The zero-order valence-electron chi connectivity index (χ0n) is 19.5. The Balaban J connectivity index is 1.78. The van der Waals surface area contributed by atoms with Crippen LogP contribution in [0.15, 0.2) is 60.7 Å². The van der Waals surface area contributed by atoms with E-state index in [1.54, 1.807) is 37.3 Å². The zero-order valence-corrected chi connectivity index (χ0v) is 19.5. The molecule has 36 heavy (non-hydrogen) atoms. The Bertz CT molecular complexity index is 1290. The average Bonchev–Trinajstić information content (AvgIpc) is 3.09. The smallest absolute Gasteiger partial charge is 0.406 e. The number of ketones is 2. The monoisotopic (exact) mass is 498 g/mol. The molecule has 1 fully saturated rings. The number of ether oxygens (including phenoxy) is 1. The third kappa shape index (κ3) is 4.90. The van der Waals surface area contributed by atoms with Gasteiger partial charge in [-0.05, 0) is 61.0 Å². The van der Waals surface area contributed by atoms with Gasteiger partial charge < -0.3 is 9.64 Å². The van der Waals surface area contributed by atoms with Gasteiger partial charge in [0.15, 0.2) is 11.6 Å². The van der Waals surface area contributed by atoms with Gasteiger partial charge in [-0.3, -0.25) is 19.3 Å². The number of Topliss-reactive ketones (excluding diaryl/α,β-unsaturated/α-hetero) is 2. The number of hydrogen-bond donors (Lipinski definition) is 0. The first-order chi connectivity index (χ1) is 17.0. The third-order valence-corrected chi connectivity index (χ3v) is 5.74. The van der Waals surface area contributed by atoms with Gasteiger partial charge in [-0.15, -0.1) is 18.3 Å². The van der Waals surface area contributed by atoms with Crippen LogP contribution in [-0.2, 0) is 9.59 Å². The van der Waals surface area contributed by atoms with Crippen LogP contribution >= 0.6 is 0 Å². The highest BCUT2D eigenvalue weighted by atomic mass is 19.4. The van der Waals surface area contributed by atoms with E-state index in [0.29, 0.717) is 5.69 Å². The maximum atomic E-state index is 13.5. The number of carbonyl (C=O) groups excluding carboxylic acids is 3. The predicted molar refractivity (Wildman–Crippen MR) is 124 cm³/mol. The largest absolute Gasteiger partial charge is 0.573 e. The van der Waals surface area contributed by atoms with Crippen LogP contribution in [0.2, 0.25) is 0 Å². The molecule has 0 radical (unpaired) electrons. The zero-order chi connectivity index (χ0) is 26.2. The SMILES string of the molecule is Cc1ccc(N2C(=O)C(=O)C(C(=O)c3ccc(N(C)C)cc3)C2c2ccc(OC(F)(F)F)cc2)nn1. The number of alkyl halides is 3. The molecule has 1 aromatic heterocycles. The summed E-state index contributed by atoms with van der Waals surface area (Å²) in [6.45, 7) is 1.69. The Kier molecular flexibility index (Phi) is 6.49. The van der Waals surface area contributed by atoms with Crippen LogP contribution in [0.3, 0.4) is 0 Å². The van der Waals surface area contributed by atoms with E-state index in [-0.39, 0.29) is 16.9 Å². The van der Waals surface area contributed by atoms with Gasteiger partial charge in [0.25, 0.3) is 5.91 Å². The van der Waals surface area contributed by atoms with E-state index in [1.807, 2.05) is 19.0 Å². The minimum atomic E-state index is -4.89. The van der Waals surface area contributed by atoms with Crippen molar-refractivity contribution in [3.8, 4) is 5.75 Å². The molecule has 0 N–H and O–H groups in total. The number of nitrogens with zero attached hydrogens (tertiary/aromatic N) is 4. The number of rotatable bonds is 6. The molecule has 0 saturated carbocycles. The summed E-state index contributed by atoms with van der Waals surface area (Å²) in [6.07, 6.45) is -4.89. The van der Waals surface area contributed by atoms with Gasteiger partial charge >= 0.3 is 6.36 Å². The minimum Gasteiger partial charge on any atom is -0.406 e. The Morgan fingerprint density at radius 2 is 1.58 bits per heavy atom. The summed E-state index contributed by atoms with van der Waals surface area (Å²) in [5.74, 6) is -4.39. The first kappa shape index (κ1) is 24.8. The quantitative estimate of drug-likeness (QED) is 0.289. The van der Waals surface area contributed by atoms with E-state index in [4.69, 9.17) is 0 Å². The van der Waals surface area contributed by atoms with E-state index in [1.165, 1.54) is 18.2 Å². The summed E-state index contributed by atoms with van der Waals surface area (Å²) >= 11 is 0. The first-order valence-corrected chi connectivity index (χ1v) is 10.8. The normalized spacial score (nSPS) is 17.9. The van der Waals surface area contributed by atoms with Gasteiger partial charge in [0, 0.05) is 25.3 Å². The summed E-state index contributed by atoms with van der Waals surface area (Å²) in [5.41, 5.74) is 1.87. The second-order valence-electron chi connectivity index (χ2n) is 8.42. The lowest BCUT2D eigenvalue weighted by molar-refractivity contribution is -0.274. The van der Waals surface area contributed by atoms with Crippen LogP contribution in [-0.4, -0.2) is 48.1 Å². The molecule has 0 bridgehead atoms. The van der Waals surface area contributed by atoms with Crippen molar-refractivity contribution in [1.82, 2.24) is 10.2 Å². The molecule has 186 valence electrons. The van der Waals surface area contributed by atoms with Crippen LogP contribution < -0.4 is 14.5 Å². The van der Waals surface area contributed by atoms with Crippen LogP contribution in [0.1, 0.15) is 27.7 Å². The molecule has 4 rings (SSSR count). The van der Waals surface area contributed by atoms with E-state index < -0.39 is 41.5 Å². The maximum absolute atomic E-state index is 13.5. The van der Waals surface area contributed by atoms with Crippen molar-refractivity contribution in [2.75, 3.05) is 23.9 Å². The maximum Gasteiger partial charge on any atom is 0.573 e. The van der Waals surface area contributed by atoms with E-state index in [9.17, 15) is 27.6 Å². The molecule has 2 atom stereocenters. The predicted octanol–water partition coefficient (Wildman–Crippen LogP) is 3.91. The number of amides is 1. The lowest BCUT2D eigenvalue weighted by atomic mass is 9.86. The molecule has 1 aliphatic heterocycles. The van der Waals surface area contributed by atoms with E-state index in [0.717, 1.165) is 22.7 Å². The van der Waals surface area contributed by atoms with Crippen molar-refractivity contribution in [3.05, 3.63) is 77.5 Å². The molecule has 11 heteroatoms. The van der Waals surface area contributed by atoms with Gasteiger partial charge in [-0.1, -0.05) is 12.1 Å². The third-order valence-electron chi connectivity index (χ3n) is 5.74. The number of anilines is 2. The highest BCUT2D eigenvalue weighted by Gasteiger charge is 2.53. The molecule has 2 heterocycles. The van der Waals surface area contributed by atoms with Crippen LogP contribution in [0.4, 0.5) is 24.7 Å². The summed E-state index contributed by atoms with van der Waals surface area (Å²) in [4.78, 5) is 42.7. The van der Waals surface area contributed by atoms with Gasteiger partial charge in [0.2, 0.25) is 5.78 Å². The van der Waals surface area contributed by atoms with Crippen molar-refractivity contribution in [2.24, 2.45) is 5.92 Å². The number of hydrogen-bond acceptors (Lipinski definition) is 7. The molecule has 8 nitrogen and oxygen atoms in total. The van der Waals surface area contributed by atoms with E-state index >= 15 is 0 Å². The average molecular weight is 498 g/mol. The number of aryl methyl sites for hydroxylation is 1. The molecule has 2 aromatic carbocycles. The highest BCUT2D eigenvalue weighted by molar-refractivity contribution is 6.48. The fraction of sp³-hybridized carbons (Fsp3) is 0.240. The molecular formula is C25H21F3N4O4. The molecule has 2 unspecified atom stereocenters. The molecule has 0 spiro atoms. The summed E-state index contributed by atoms with van der Waals surface area (Å²) < 4.78 is 41.8.